The van der Waals surface area contributed by atoms with Crippen LogP contribution < -0.4 is 4.74 Å². The third-order valence-electron chi connectivity index (χ3n) is 5.01. The van der Waals surface area contributed by atoms with Crippen LogP contribution in [0.25, 0.3) is 28.1 Å². The number of pyridine rings is 1. The molecule has 0 fully saturated rings. The Morgan fingerprint density at radius 3 is 2.58 bits per heavy atom. The Morgan fingerprint density at radius 2 is 1.85 bits per heavy atom. The molecule has 33 heavy (non-hydrogen) atoms. The van der Waals surface area contributed by atoms with E-state index in [1.165, 1.54) is 24.5 Å². The number of allylic oxidation sites excluding steroid dienone is 1. The van der Waals surface area contributed by atoms with E-state index in [0.717, 1.165) is 5.56 Å². The van der Waals surface area contributed by atoms with Crippen LogP contribution in [0.15, 0.2) is 73.3 Å². The predicted molar refractivity (Wildman–Crippen MR) is 127 cm³/mol. The molecule has 0 atom stereocenters. The first-order chi connectivity index (χ1) is 16.0. The van der Waals surface area contributed by atoms with Gasteiger partial charge in [0.25, 0.3) is 0 Å². The van der Waals surface area contributed by atoms with Crippen molar-refractivity contribution in [3.05, 3.63) is 90.3 Å². The van der Waals surface area contributed by atoms with Crippen LogP contribution in [-0.2, 0) is 0 Å². The molecule has 0 unspecified atom stereocenters. The van der Waals surface area contributed by atoms with Gasteiger partial charge >= 0.3 is 0 Å². The molecular formula is C26H23FN4O2. The van der Waals surface area contributed by atoms with Gasteiger partial charge in [0.15, 0.2) is 5.78 Å². The van der Waals surface area contributed by atoms with Gasteiger partial charge in [0.2, 0.25) is 5.88 Å². The van der Waals surface area contributed by atoms with Crippen LogP contribution in [-0.4, -0.2) is 52.9 Å². The molecule has 0 radical (unpaired) electrons. The highest BCUT2D eigenvalue weighted by molar-refractivity contribution is 6.16. The number of ether oxygens (including phenoxy) is 1. The number of carbonyl (C=O) groups is 1. The Bertz CT molecular complexity index is 1290. The minimum absolute atomic E-state index is 0.216. The fourth-order valence-corrected chi connectivity index (χ4v) is 3.43. The Hall–Kier alpha value is -3.97. The normalized spacial score (nSPS) is 11.4. The summed E-state index contributed by atoms with van der Waals surface area (Å²) in [6.45, 7) is 0.992. The molecule has 7 heteroatoms. The number of hydrogen-bond acceptors (Lipinski definition) is 6. The summed E-state index contributed by atoms with van der Waals surface area (Å²) in [5.41, 5.74) is 2.87. The van der Waals surface area contributed by atoms with Crippen LogP contribution in [0.3, 0.4) is 0 Å². The van der Waals surface area contributed by atoms with Crippen molar-refractivity contribution in [2.45, 2.75) is 0 Å². The molecule has 4 aromatic rings. The second kappa shape index (κ2) is 10.1. The van der Waals surface area contributed by atoms with Crippen LogP contribution in [0.1, 0.15) is 15.9 Å². The largest absolute Gasteiger partial charge is 0.476 e. The lowest BCUT2D eigenvalue weighted by molar-refractivity contribution is 0.104. The zero-order chi connectivity index (χ0) is 23.2. The molecule has 0 spiro atoms. The molecule has 4 rings (SSSR count). The number of rotatable bonds is 8. The van der Waals surface area contributed by atoms with Gasteiger partial charge in [0.05, 0.1) is 11.1 Å². The average molecular weight is 442 g/mol. The number of likely N-dealkylation sites (N-methyl/N-ethyl adjacent to an activating group) is 1. The van der Waals surface area contributed by atoms with Gasteiger partial charge in [-0.3, -0.25) is 4.79 Å². The first kappa shape index (κ1) is 22.2. The highest BCUT2D eigenvalue weighted by atomic mass is 19.1. The molecule has 6 nitrogen and oxygen atoms in total. The minimum Gasteiger partial charge on any atom is -0.476 e. The number of hydrogen-bond donors (Lipinski definition) is 0. The van der Waals surface area contributed by atoms with Gasteiger partial charge in [-0.15, -0.1) is 0 Å². The maximum Gasteiger partial charge on any atom is 0.226 e. The van der Waals surface area contributed by atoms with Gasteiger partial charge in [0.1, 0.15) is 18.8 Å². The van der Waals surface area contributed by atoms with Crippen LogP contribution in [0, 0.1) is 5.82 Å². The van der Waals surface area contributed by atoms with Crippen molar-refractivity contribution in [2.24, 2.45) is 0 Å². The van der Waals surface area contributed by atoms with Crippen molar-refractivity contribution in [1.29, 1.82) is 0 Å². The molecule has 0 amide bonds. The fourth-order valence-electron chi connectivity index (χ4n) is 3.43. The van der Waals surface area contributed by atoms with Gasteiger partial charge < -0.3 is 9.64 Å². The summed E-state index contributed by atoms with van der Waals surface area (Å²) in [4.78, 5) is 28.0. The van der Waals surface area contributed by atoms with Crippen molar-refractivity contribution in [1.82, 2.24) is 19.9 Å². The summed E-state index contributed by atoms with van der Waals surface area (Å²) < 4.78 is 20.2. The Labute approximate surface area is 191 Å². The molecule has 0 saturated carbocycles. The monoisotopic (exact) mass is 442 g/mol. The zero-order valence-corrected chi connectivity index (χ0v) is 18.4. The number of carbonyl (C=O) groups excluding carboxylic acids is 1. The van der Waals surface area contributed by atoms with Crippen molar-refractivity contribution in [2.75, 3.05) is 27.2 Å². The summed E-state index contributed by atoms with van der Waals surface area (Å²) >= 11 is 0. The Kier molecular flexibility index (Phi) is 6.80. The van der Waals surface area contributed by atoms with E-state index in [-0.39, 0.29) is 17.2 Å². The van der Waals surface area contributed by atoms with Gasteiger partial charge in [-0.1, -0.05) is 30.3 Å². The van der Waals surface area contributed by atoms with E-state index in [4.69, 9.17) is 4.74 Å². The van der Waals surface area contributed by atoms with Gasteiger partial charge in [-0.05, 0) is 50.0 Å². The molecule has 0 aliphatic heterocycles. The smallest absolute Gasteiger partial charge is 0.226 e. The summed E-state index contributed by atoms with van der Waals surface area (Å²) in [6.07, 6.45) is 7.71. The Balaban J connectivity index is 1.91. The lowest BCUT2D eigenvalue weighted by Gasteiger charge is -2.17. The van der Waals surface area contributed by atoms with E-state index in [1.807, 2.05) is 49.3 Å². The quantitative estimate of drug-likeness (QED) is 0.292. The van der Waals surface area contributed by atoms with Crippen molar-refractivity contribution in [3.63, 3.8) is 0 Å². The standard InChI is InChI=1S/C26H23FN4O2/c1-31(2)12-13-33-26-25(23(32)11-8-18-15-28-17-29-16-18)24(19-6-4-3-5-7-19)21-14-20(27)9-10-22(21)30-26/h3-11,14-17H,12-13H2,1-2H3/b11-8+. The van der Waals surface area contributed by atoms with E-state index in [0.29, 0.717) is 35.2 Å². The third-order valence-corrected chi connectivity index (χ3v) is 5.01. The molecule has 0 aliphatic rings. The summed E-state index contributed by atoms with van der Waals surface area (Å²) in [5, 5.41) is 0.543. The van der Waals surface area contributed by atoms with Crippen LogP contribution in [0.2, 0.25) is 0 Å². The minimum atomic E-state index is -0.405. The van der Waals surface area contributed by atoms with Gasteiger partial charge in [-0.2, -0.15) is 0 Å². The first-order valence-corrected chi connectivity index (χ1v) is 10.5. The first-order valence-electron chi connectivity index (χ1n) is 10.5. The molecule has 2 heterocycles. The van der Waals surface area contributed by atoms with Crippen LogP contribution in [0.4, 0.5) is 4.39 Å². The van der Waals surface area contributed by atoms with Gasteiger partial charge in [-0.25, -0.2) is 19.3 Å². The SMILES string of the molecule is CN(C)CCOc1nc2ccc(F)cc2c(-c2ccccc2)c1C(=O)/C=C/c1cncnc1. The van der Waals surface area contributed by atoms with Crippen LogP contribution >= 0.6 is 0 Å². The zero-order valence-electron chi connectivity index (χ0n) is 18.4. The number of fused-ring (bicyclic) bond motifs is 1. The third kappa shape index (κ3) is 5.27. The van der Waals surface area contributed by atoms with E-state index in [1.54, 1.807) is 24.5 Å². The van der Waals surface area contributed by atoms with E-state index >= 15 is 0 Å². The molecule has 0 aliphatic carbocycles. The molecule has 0 saturated heterocycles. The summed E-state index contributed by atoms with van der Waals surface area (Å²) in [6, 6.07) is 13.8. The van der Waals surface area contributed by atoms with E-state index < -0.39 is 5.82 Å². The highest BCUT2D eigenvalue weighted by Gasteiger charge is 2.23. The number of nitrogens with zero attached hydrogens (tertiary/aromatic N) is 4. The molecule has 2 aromatic heterocycles. The molecule has 166 valence electrons. The number of ketones is 1. The molecule has 2 aromatic carbocycles. The van der Waals surface area contributed by atoms with E-state index in [2.05, 4.69) is 15.0 Å². The number of aromatic nitrogens is 3. The highest BCUT2D eigenvalue weighted by Crippen LogP contribution is 2.37. The second-order valence-corrected chi connectivity index (χ2v) is 7.72. The van der Waals surface area contributed by atoms with Crippen molar-refractivity contribution >= 4 is 22.8 Å². The van der Waals surface area contributed by atoms with Crippen molar-refractivity contribution in [3.8, 4) is 17.0 Å². The number of halogens is 1. The molecule has 0 N–H and O–H groups in total. The lowest BCUT2D eigenvalue weighted by atomic mass is 9.93. The molecule has 0 bridgehead atoms. The maximum atomic E-state index is 14.2. The maximum absolute atomic E-state index is 14.2. The van der Waals surface area contributed by atoms with Gasteiger partial charge in [0, 0.05) is 35.5 Å². The number of benzene rings is 2. The second-order valence-electron chi connectivity index (χ2n) is 7.72. The topological polar surface area (TPSA) is 68.2 Å². The summed E-state index contributed by atoms with van der Waals surface area (Å²) in [5.74, 6) is -0.497. The Morgan fingerprint density at radius 1 is 1.09 bits per heavy atom. The predicted octanol–water partition coefficient (Wildman–Crippen LogP) is 4.67. The van der Waals surface area contributed by atoms with Crippen LogP contribution in [0.5, 0.6) is 5.88 Å². The fraction of sp³-hybridized carbons (Fsp3) is 0.154. The molecular weight excluding hydrogens is 419 g/mol. The van der Waals surface area contributed by atoms with Crippen molar-refractivity contribution < 1.29 is 13.9 Å². The lowest BCUT2D eigenvalue weighted by Crippen LogP contribution is -2.20. The summed E-state index contributed by atoms with van der Waals surface area (Å²) in [7, 11) is 3.87. The van der Waals surface area contributed by atoms with E-state index in [9.17, 15) is 9.18 Å². The average Bonchev–Trinajstić information content (AvgIpc) is 2.83.